The van der Waals surface area contributed by atoms with Crippen molar-refractivity contribution in [1.82, 2.24) is 4.98 Å². The molecule has 0 unspecified atom stereocenters. The third kappa shape index (κ3) is 6.18. The minimum atomic E-state index is -0.946. The number of amides is 1. The van der Waals surface area contributed by atoms with E-state index in [0.29, 0.717) is 0 Å². The lowest BCUT2D eigenvalue weighted by atomic mass is 10.2. The Labute approximate surface area is 132 Å². The zero-order valence-corrected chi connectivity index (χ0v) is 13.2. The Balaban J connectivity index is 2.73. The Morgan fingerprint density at radius 1 is 1.33 bits per heavy atom. The molecular weight excluding hydrogens is 319 g/mol. The lowest BCUT2D eigenvalue weighted by molar-refractivity contribution is -0.137. The fraction of sp³-hybridized carbons (Fsp3) is 0.462. The van der Waals surface area contributed by atoms with Gasteiger partial charge in [-0.05, 0) is 26.3 Å². The van der Waals surface area contributed by atoms with Gasteiger partial charge in [-0.25, -0.2) is 0 Å². The quantitative estimate of drug-likeness (QED) is 0.797. The molecule has 116 valence electrons. The summed E-state index contributed by atoms with van der Waals surface area (Å²) in [6, 6.07) is 1.43. The van der Waals surface area contributed by atoms with E-state index in [2.05, 4.69) is 10.3 Å². The Hall–Kier alpha value is -1.53. The molecule has 0 fully saturated rings. The maximum atomic E-state index is 11.7. The van der Waals surface area contributed by atoms with Crippen LogP contribution in [0.5, 0.6) is 5.88 Å². The first-order chi connectivity index (χ1) is 9.79. The Morgan fingerprint density at radius 2 is 2.00 bits per heavy atom. The molecule has 0 atom stereocenters. The lowest BCUT2D eigenvalue weighted by Gasteiger charge is -2.13. The van der Waals surface area contributed by atoms with E-state index in [1.54, 1.807) is 0 Å². The largest absolute Gasteiger partial charge is 0.481 e. The van der Waals surface area contributed by atoms with Crippen molar-refractivity contribution in [3.8, 4) is 5.88 Å². The topological polar surface area (TPSA) is 88.5 Å². The number of aliphatic carboxylic acids is 1. The Bertz CT molecular complexity index is 535. The molecule has 0 spiro atoms. The van der Waals surface area contributed by atoms with Crippen molar-refractivity contribution in [3.05, 3.63) is 16.1 Å². The van der Waals surface area contributed by atoms with Crippen molar-refractivity contribution in [3.63, 3.8) is 0 Å². The summed E-state index contributed by atoms with van der Waals surface area (Å²) in [6.07, 6.45) is 0.0988. The minimum absolute atomic E-state index is 0.0628. The molecule has 0 saturated heterocycles. The van der Waals surface area contributed by atoms with Crippen LogP contribution in [0.1, 0.15) is 33.1 Å². The van der Waals surface area contributed by atoms with Crippen molar-refractivity contribution >= 4 is 40.9 Å². The molecule has 6 nitrogen and oxygen atoms in total. The van der Waals surface area contributed by atoms with Crippen molar-refractivity contribution < 1.29 is 19.4 Å². The van der Waals surface area contributed by atoms with Gasteiger partial charge < -0.3 is 15.2 Å². The molecule has 1 aromatic rings. The van der Waals surface area contributed by atoms with Crippen molar-refractivity contribution in [2.45, 2.75) is 39.2 Å². The molecule has 1 rings (SSSR count). The van der Waals surface area contributed by atoms with Crippen molar-refractivity contribution in [2.75, 3.05) is 5.32 Å². The molecule has 0 radical (unpaired) electrons. The first kappa shape index (κ1) is 17.5. The molecule has 0 aliphatic rings. The molecule has 1 aromatic heterocycles. The number of aromatic nitrogens is 1. The summed E-state index contributed by atoms with van der Waals surface area (Å²) in [4.78, 5) is 26.1. The van der Waals surface area contributed by atoms with Crippen molar-refractivity contribution in [1.29, 1.82) is 0 Å². The molecule has 0 aromatic carbocycles. The molecule has 0 bridgehead atoms. The van der Waals surface area contributed by atoms with Gasteiger partial charge in [0.2, 0.25) is 11.8 Å². The summed E-state index contributed by atoms with van der Waals surface area (Å²) in [6.45, 7) is 3.63. The third-order valence-corrected chi connectivity index (χ3v) is 2.86. The first-order valence-corrected chi connectivity index (χ1v) is 7.09. The van der Waals surface area contributed by atoms with E-state index >= 15 is 0 Å². The normalized spacial score (nSPS) is 10.5. The van der Waals surface area contributed by atoms with Crippen LogP contribution in [0.2, 0.25) is 10.0 Å². The standard InChI is InChI=1S/C13H16Cl2N2O4/c1-7(2)21-13-9(15)6-8(14)12(17-13)16-10(18)4-3-5-11(19)20/h6-7H,3-5H2,1-2H3,(H,19,20)(H,16,17,18). The zero-order valence-electron chi connectivity index (χ0n) is 11.7. The Kier molecular flexibility index (Phi) is 6.71. The second-order valence-electron chi connectivity index (χ2n) is 4.57. The van der Waals surface area contributed by atoms with Gasteiger partial charge in [0.05, 0.1) is 11.1 Å². The van der Waals surface area contributed by atoms with Crippen LogP contribution >= 0.6 is 23.2 Å². The average molecular weight is 335 g/mol. The SMILES string of the molecule is CC(C)Oc1nc(NC(=O)CCCC(=O)O)c(Cl)cc1Cl. The number of anilines is 1. The fourth-order valence-electron chi connectivity index (χ4n) is 1.44. The van der Waals surface area contributed by atoms with Crippen LogP contribution in [0.3, 0.4) is 0 Å². The first-order valence-electron chi connectivity index (χ1n) is 6.34. The maximum absolute atomic E-state index is 11.7. The highest BCUT2D eigenvalue weighted by molar-refractivity contribution is 6.37. The van der Waals surface area contributed by atoms with Gasteiger partial charge in [-0.15, -0.1) is 0 Å². The van der Waals surface area contributed by atoms with Gasteiger partial charge in [-0.3, -0.25) is 9.59 Å². The molecule has 1 amide bonds. The van der Waals surface area contributed by atoms with Crippen LogP contribution in [0, 0.1) is 0 Å². The fourth-order valence-corrected chi connectivity index (χ4v) is 1.89. The number of nitrogens with zero attached hydrogens (tertiary/aromatic N) is 1. The van der Waals surface area contributed by atoms with Crippen LogP contribution in [0.4, 0.5) is 5.82 Å². The van der Waals surface area contributed by atoms with Gasteiger partial charge in [-0.2, -0.15) is 4.98 Å². The third-order valence-electron chi connectivity index (χ3n) is 2.30. The highest BCUT2D eigenvalue weighted by atomic mass is 35.5. The summed E-state index contributed by atoms with van der Waals surface area (Å²) < 4.78 is 5.40. The van der Waals surface area contributed by atoms with Crippen LogP contribution in [0.15, 0.2) is 6.07 Å². The zero-order chi connectivity index (χ0) is 16.0. The van der Waals surface area contributed by atoms with E-state index in [4.69, 9.17) is 33.0 Å². The molecule has 1 heterocycles. The number of carbonyl (C=O) groups excluding carboxylic acids is 1. The summed E-state index contributed by atoms with van der Waals surface area (Å²) in [5.74, 6) is -1.00. The molecular formula is C13H16Cl2N2O4. The molecule has 0 aliphatic carbocycles. The van der Waals surface area contributed by atoms with Crippen LogP contribution < -0.4 is 10.1 Å². The number of pyridine rings is 1. The minimum Gasteiger partial charge on any atom is -0.481 e. The van der Waals surface area contributed by atoms with E-state index in [0.717, 1.165) is 0 Å². The number of carboxylic acid groups (broad SMARTS) is 1. The monoisotopic (exact) mass is 334 g/mol. The van der Waals surface area contributed by atoms with Gasteiger partial charge in [0.25, 0.3) is 0 Å². The second kappa shape index (κ2) is 8.05. The highest BCUT2D eigenvalue weighted by Crippen LogP contribution is 2.31. The number of halogens is 2. The number of rotatable bonds is 7. The molecule has 2 N–H and O–H groups in total. The van der Waals surface area contributed by atoms with E-state index < -0.39 is 5.97 Å². The lowest BCUT2D eigenvalue weighted by Crippen LogP contribution is -2.14. The van der Waals surface area contributed by atoms with E-state index in [1.807, 2.05) is 13.8 Å². The number of hydrogen-bond acceptors (Lipinski definition) is 4. The summed E-state index contributed by atoms with van der Waals surface area (Å²) in [5, 5.41) is 11.5. The summed E-state index contributed by atoms with van der Waals surface area (Å²) in [5.41, 5.74) is 0. The van der Waals surface area contributed by atoms with E-state index in [-0.39, 0.29) is 53.0 Å². The average Bonchev–Trinajstić information content (AvgIpc) is 2.34. The van der Waals surface area contributed by atoms with Crippen LogP contribution in [-0.4, -0.2) is 28.1 Å². The van der Waals surface area contributed by atoms with Gasteiger partial charge in [0.1, 0.15) is 5.02 Å². The van der Waals surface area contributed by atoms with Gasteiger partial charge in [0.15, 0.2) is 5.82 Å². The summed E-state index contributed by atoms with van der Waals surface area (Å²) >= 11 is 11.9. The maximum Gasteiger partial charge on any atom is 0.303 e. The van der Waals surface area contributed by atoms with Crippen LogP contribution in [0.25, 0.3) is 0 Å². The predicted octanol–water partition coefficient (Wildman–Crippen LogP) is 3.37. The van der Waals surface area contributed by atoms with E-state index in [9.17, 15) is 9.59 Å². The second-order valence-corrected chi connectivity index (χ2v) is 5.38. The van der Waals surface area contributed by atoms with Crippen molar-refractivity contribution in [2.24, 2.45) is 0 Å². The number of ether oxygens (including phenoxy) is 1. The van der Waals surface area contributed by atoms with Gasteiger partial charge in [0, 0.05) is 12.8 Å². The highest BCUT2D eigenvalue weighted by Gasteiger charge is 2.14. The van der Waals surface area contributed by atoms with Gasteiger partial charge in [-0.1, -0.05) is 23.2 Å². The molecule has 0 aliphatic heterocycles. The molecule has 8 heteroatoms. The predicted molar refractivity (Wildman–Crippen MR) is 80.1 cm³/mol. The number of carbonyl (C=O) groups is 2. The van der Waals surface area contributed by atoms with E-state index in [1.165, 1.54) is 6.07 Å². The number of hydrogen-bond donors (Lipinski definition) is 2. The van der Waals surface area contributed by atoms with Crippen LogP contribution in [-0.2, 0) is 9.59 Å². The van der Waals surface area contributed by atoms with Gasteiger partial charge >= 0.3 is 5.97 Å². The number of nitrogens with one attached hydrogen (secondary N) is 1. The Morgan fingerprint density at radius 3 is 2.57 bits per heavy atom. The molecule has 0 saturated carbocycles. The number of carboxylic acids is 1. The molecule has 21 heavy (non-hydrogen) atoms. The smallest absolute Gasteiger partial charge is 0.303 e. The summed E-state index contributed by atoms with van der Waals surface area (Å²) in [7, 11) is 0.